The van der Waals surface area contributed by atoms with Crippen LogP contribution in [0.25, 0.3) is 0 Å². The second kappa shape index (κ2) is 7.96. The number of ether oxygens (including phenoxy) is 1. The van der Waals surface area contributed by atoms with Crippen molar-refractivity contribution in [2.75, 3.05) is 39.5 Å². The quantitative estimate of drug-likeness (QED) is 0.720. The summed E-state index contributed by atoms with van der Waals surface area (Å²) in [5, 5.41) is 9.83. The largest absolute Gasteiger partial charge is 0.389 e. The normalized spacial score (nSPS) is 17.6. The molecule has 20 heavy (non-hydrogen) atoms. The number of nitrogens with one attached hydrogen (secondary N) is 1. The summed E-state index contributed by atoms with van der Waals surface area (Å²) >= 11 is 0. The van der Waals surface area contributed by atoms with Crippen LogP contribution in [0.15, 0.2) is 30.3 Å². The average Bonchev–Trinajstić information content (AvgIpc) is 2.49. The first-order chi connectivity index (χ1) is 9.75. The van der Waals surface area contributed by atoms with Crippen LogP contribution in [-0.4, -0.2) is 61.5 Å². The molecule has 2 rings (SSSR count). The van der Waals surface area contributed by atoms with E-state index < -0.39 is 6.10 Å². The Balaban J connectivity index is 1.63. The van der Waals surface area contributed by atoms with Gasteiger partial charge in [0.1, 0.15) is 6.61 Å². The van der Waals surface area contributed by atoms with Gasteiger partial charge in [0.15, 0.2) is 0 Å². The number of hydroxylamine groups is 1. The van der Waals surface area contributed by atoms with Gasteiger partial charge in [0.25, 0.3) is 5.91 Å². The van der Waals surface area contributed by atoms with Crippen molar-refractivity contribution in [3.63, 3.8) is 0 Å². The number of hydrogen-bond acceptors (Lipinski definition) is 5. The second-order valence-electron chi connectivity index (χ2n) is 4.68. The summed E-state index contributed by atoms with van der Waals surface area (Å²) in [5.74, 6) is -0.316. The number of carbonyl (C=O) groups excluding carboxylic acids is 1. The van der Waals surface area contributed by atoms with Gasteiger partial charge >= 0.3 is 0 Å². The number of benzene rings is 1. The van der Waals surface area contributed by atoms with E-state index in [1.807, 2.05) is 6.07 Å². The van der Waals surface area contributed by atoms with E-state index in [0.717, 1.165) is 13.1 Å². The molecule has 0 aliphatic carbocycles. The summed E-state index contributed by atoms with van der Waals surface area (Å²) in [5.41, 5.74) is 2.85. The lowest BCUT2D eigenvalue weighted by molar-refractivity contribution is -0.0363. The standard InChI is InChI=1S/C14H20N2O4/c17-13(10-16-6-8-19-9-7-16)11-20-15-14(18)12-4-2-1-3-5-12/h1-5,13,17H,6-11H2,(H,15,18). The highest BCUT2D eigenvalue weighted by Gasteiger charge is 2.15. The van der Waals surface area contributed by atoms with Gasteiger partial charge in [-0.05, 0) is 12.1 Å². The van der Waals surface area contributed by atoms with Gasteiger partial charge in [-0.3, -0.25) is 14.5 Å². The van der Waals surface area contributed by atoms with Crippen LogP contribution in [-0.2, 0) is 9.57 Å². The monoisotopic (exact) mass is 280 g/mol. The summed E-state index contributed by atoms with van der Waals surface area (Å²) in [6.45, 7) is 3.60. The van der Waals surface area contributed by atoms with Crippen LogP contribution in [0.3, 0.4) is 0 Å². The highest BCUT2D eigenvalue weighted by Crippen LogP contribution is 2.00. The van der Waals surface area contributed by atoms with Crippen LogP contribution < -0.4 is 5.48 Å². The highest BCUT2D eigenvalue weighted by atomic mass is 16.7. The van der Waals surface area contributed by atoms with Gasteiger partial charge in [0, 0.05) is 25.2 Å². The molecule has 1 unspecified atom stereocenters. The van der Waals surface area contributed by atoms with Crippen molar-refractivity contribution in [2.45, 2.75) is 6.10 Å². The molecular weight excluding hydrogens is 260 g/mol. The van der Waals surface area contributed by atoms with Crippen molar-refractivity contribution in [3.05, 3.63) is 35.9 Å². The van der Waals surface area contributed by atoms with Crippen LogP contribution in [0.5, 0.6) is 0 Å². The third-order valence-corrected chi connectivity index (χ3v) is 3.05. The van der Waals surface area contributed by atoms with E-state index in [2.05, 4.69) is 10.4 Å². The summed E-state index contributed by atoms with van der Waals surface area (Å²) in [4.78, 5) is 18.8. The number of rotatable bonds is 6. The Kier molecular flexibility index (Phi) is 5.94. The van der Waals surface area contributed by atoms with E-state index in [9.17, 15) is 9.90 Å². The van der Waals surface area contributed by atoms with E-state index in [4.69, 9.17) is 9.57 Å². The second-order valence-corrected chi connectivity index (χ2v) is 4.68. The molecule has 0 bridgehead atoms. The van der Waals surface area contributed by atoms with Crippen molar-refractivity contribution in [1.82, 2.24) is 10.4 Å². The van der Waals surface area contributed by atoms with Gasteiger partial charge in [-0.25, -0.2) is 5.48 Å². The predicted molar refractivity (Wildman–Crippen MR) is 73.1 cm³/mol. The molecule has 1 atom stereocenters. The van der Waals surface area contributed by atoms with E-state index >= 15 is 0 Å². The Bertz CT molecular complexity index is 407. The molecule has 1 aliphatic heterocycles. The van der Waals surface area contributed by atoms with Crippen LogP contribution in [0.2, 0.25) is 0 Å². The Labute approximate surface area is 118 Å². The SMILES string of the molecule is O=C(NOCC(O)CN1CCOCC1)c1ccccc1. The Morgan fingerprint density at radius 3 is 2.75 bits per heavy atom. The molecule has 1 heterocycles. The molecule has 1 amide bonds. The Morgan fingerprint density at radius 1 is 1.35 bits per heavy atom. The molecule has 0 aromatic heterocycles. The number of amides is 1. The molecule has 2 N–H and O–H groups in total. The molecule has 1 fully saturated rings. The van der Waals surface area contributed by atoms with Crippen molar-refractivity contribution in [1.29, 1.82) is 0 Å². The molecule has 110 valence electrons. The molecule has 1 aromatic rings. The first kappa shape index (κ1) is 14.9. The zero-order valence-corrected chi connectivity index (χ0v) is 11.3. The third-order valence-electron chi connectivity index (χ3n) is 3.05. The molecule has 6 heteroatoms. The maximum atomic E-state index is 11.7. The highest BCUT2D eigenvalue weighted by molar-refractivity contribution is 5.93. The summed E-state index contributed by atoms with van der Waals surface area (Å²) in [6, 6.07) is 8.79. The van der Waals surface area contributed by atoms with Crippen molar-refractivity contribution >= 4 is 5.91 Å². The van der Waals surface area contributed by atoms with Gasteiger partial charge in [0.05, 0.1) is 19.3 Å². The fourth-order valence-electron chi connectivity index (χ4n) is 1.99. The van der Waals surface area contributed by atoms with Crippen LogP contribution in [0.4, 0.5) is 0 Å². The number of β-amino-alcohol motifs (C(OH)–C–C–N with tert-alkyl or cyclic N) is 1. The van der Waals surface area contributed by atoms with Crippen molar-refractivity contribution in [3.8, 4) is 0 Å². The number of aliphatic hydroxyl groups excluding tert-OH is 1. The minimum atomic E-state index is -0.635. The fraction of sp³-hybridized carbons (Fsp3) is 0.500. The molecule has 1 aromatic carbocycles. The number of hydrogen-bond donors (Lipinski definition) is 2. The number of morpholine rings is 1. The van der Waals surface area contributed by atoms with E-state index in [-0.39, 0.29) is 12.5 Å². The Hall–Kier alpha value is -1.47. The van der Waals surface area contributed by atoms with E-state index in [0.29, 0.717) is 25.3 Å². The molecule has 1 aliphatic rings. The maximum Gasteiger partial charge on any atom is 0.274 e. The number of nitrogens with zero attached hydrogens (tertiary/aromatic N) is 1. The smallest absolute Gasteiger partial charge is 0.274 e. The van der Waals surface area contributed by atoms with Gasteiger partial charge in [-0.1, -0.05) is 18.2 Å². The number of aliphatic hydroxyl groups is 1. The molecule has 6 nitrogen and oxygen atoms in total. The van der Waals surface area contributed by atoms with Gasteiger partial charge in [0.2, 0.25) is 0 Å². The first-order valence-corrected chi connectivity index (χ1v) is 6.71. The fourth-order valence-corrected chi connectivity index (χ4v) is 1.99. The van der Waals surface area contributed by atoms with E-state index in [1.165, 1.54) is 0 Å². The molecule has 1 saturated heterocycles. The average molecular weight is 280 g/mol. The lowest BCUT2D eigenvalue weighted by Crippen LogP contribution is -2.42. The van der Waals surface area contributed by atoms with Crippen molar-refractivity contribution < 1.29 is 19.5 Å². The lowest BCUT2D eigenvalue weighted by atomic mass is 10.2. The van der Waals surface area contributed by atoms with Gasteiger partial charge in [-0.2, -0.15) is 0 Å². The molecule has 0 radical (unpaired) electrons. The Morgan fingerprint density at radius 2 is 2.05 bits per heavy atom. The molecule has 0 saturated carbocycles. The van der Waals surface area contributed by atoms with Gasteiger partial charge < -0.3 is 9.84 Å². The first-order valence-electron chi connectivity index (χ1n) is 6.71. The molecule has 0 spiro atoms. The third kappa shape index (κ3) is 4.90. The summed E-state index contributed by atoms with van der Waals surface area (Å²) in [7, 11) is 0. The minimum Gasteiger partial charge on any atom is -0.389 e. The number of carbonyl (C=O) groups is 1. The topological polar surface area (TPSA) is 71.0 Å². The minimum absolute atomic E-state index is 0.0654. The zero-order valence-electron chi connectivity index (χ0n) is 11.3. The summed E-state index contributed by atoms with van der Waals surface area (Å²) < 4.78 is 5.23. The van der Waals surface area contributed by atoms with Crippen LogP contribution in [0.1, 0.15) is 10.4 Å². The lowest BCUT2D eigenvalue weighted by Gasteiger charge is -2.28. The molecular formula is C14H20N2O4. The predicted octanol–water partition coefficient (Wildman–Crippen LogP) is 0.0411. The van der Waals surface area contributed by atoms with Crippen LogP contribution >= 0.6 is 0 Å². The van der Waals surface area contributed by atoms with Crippen molar-refractivity contribution in [2.24, 2.45) is 0 Å². The van der Waals surface area contributed by atoms with Gasteiger partial charge in [-0.15, -0.1) is 0 Å². The van der Waals surface area contributed by atoms with E-state index in [1.54, 1.807) is 24.3 Å². The van der Waals surface area contributed by atoms with Crippen LogP contribution in [0, 0.1) is 0 Å². The summed E-state index contributed by atoms with van der Waals surface area (Å²) in [6.07, 6.45) is -0.635. The zero-order chi connectivity index (χ0) is 14.2. The maximum absolute atomic E-state index is 11.7.